The number of amides is 1. The third-order valence-corrected chi connectivity index (χ3v) is 7.54. The smallest absolute Gasteiger partial charge is 0.322 e. The Morgan fingerprint density at radius 1 is 1.14 bits per heavy atom. The molecule has 1 amide bonds. The van der Waals surface area contributed by atoms with E-state index in [0.717, 1.165) is 28.4 Å². The first-order valence-corrected chi connectivity index (χ1v) is 11.3. The number of sulfonamides is 1. The number of thiazole rings is 1. The Hall–Kier alpha value is -2.63. The van der Waals surface area contributed by atoms with E-state index in [1.54, 1.807) is 0 Å². The average Bonchev–Trinajstić information content (AvgIpc) is 3.43. The topological polar surface area (TPSA) is 118 Å². The predicted octanol–water partition coefficient (Wildman–Crippen LogP) is 2.85. The first-order valence-electron chi connectivity index (χ1n) is 9.04. The summed E-state index contributed by atoms with van der Waals surface area (Å²) in [5.41, 5.74) is 1.07. The lowest BCUT2D eigenvalue weighted by molar-refractivity contribution is 0.102. The lowest BCUT2D eigenvalue weighted by Crippen LogP contribution is -2.27. The van der Waals surface area contributed by atoms with Crippen LogP contribution < -0.4 is 5.32 Å². The van der Waals surface area contributed by atoms with Crippen LogP contribution in [0.4, 0.5) is 6.01 Å². The van der Waals surface area contributed by atoms with E-state index in [1.807, 2.05) is 13.8 Å². The Labute approximate surface area is 171 Å². The van der Waals surface area contributed by atoms with Crippen molar-refractivity contribution in [3.05, 3.63) is 40.5 Å². The van der Waals surface area contributed by atoms with Gasteiger partial charge in [-0.15, -0.1) is 16.4 Å². The van der Waals surface area contributed by atoms with Gasteiger partial charge in [-0.25, -0.2) is 13.4 Å². The van der Waals surface area contributed by atoms with E-state index in [4.69, 9.17) is 4.42 Å². The summed E-state index contributed by atoms with van der Waals surface area (Å²) in [7, 11) is -3.51. The summed E-state index contributed by atoms with van der Waals surface area (Å²) in [6.45, 7) is 4.79. The van der Waals surface area contributed by atoms with Crippen LogP contribution in [-0.4, -0.2) is 46.9 Å². The molecule has 152 valence electrons. The fraction of sp³-hybridized carbons (Fsp3) is 0.333. The summed E-state index contributed by atoms with van der Waals surface area (Å²) in [5.74, 6) is -0.182. The van der Waals surface area contributed by atoms with Crippen molar-refractivity contribution in [2.24, 2.45) is 0 Å². The van der Waals surface area contributed by atoms with Crippen molar-refractivity contribution in [2.75, 3.05) is 18.4 Å². The van der Waals surface area contributed by atoms with Crippen molar-refractivity contribution in [2.45, 2.75) is 31.6 Å². The highest BCUT2D eigenvalue weighted by Crippen LogP contribution is 2.29. The van der Waals surface area contributed by atoms with Gasteiger partial charge in [-0.05, 0) is 51.0 Å². The second kappa shape index (κ2) is 7.65. The molecule has 0 radical (unpaired) electrons. The van der Waals surface area contributed by atoms with Crippen molar-refractivity contribution in [1.82, 2.24) is 19.5 Å². The Kier molecular flexibility index (Phi) is 5.19. The molecule has 2 aromatic heterocycles. The van der Waals surface area contributed by atoms with Crippen molar-refractivity contribution in [3.8, 4) is 10.8 Å². The fourth-order valence-electron chi connectivity index (χ4n) is 3.12. The summed E-state index contributed by atoms with van der Waals surface area (Å²) in [5, 5.41) is 11.2. The Morgan fingerprint density at radius 2 is 1.83 bits per heavy atom. The molecule has 1 fully saturated rings. The fourth-order valence-corrected chi connectivity index (χ4v) is 5.48. The predicted molar refractivity (Wildman–Crippen MR) is 107 cm³/mol. The molecule has 0 saturated carbocycles. The number of nitrogens with zero attached hydrogens (tertiary/aromatic N) is 4. The molecule has 1 saturated heterocycles. The molecule has 9 nitrogen and oxygen atoms in total. The highest BCUT2D eigenvalue weighted by molar-refractivity contribution is 7.89. The molecule has 0 unspecified atom stereocenters. The summed E-state index contributed by atoms with van der Waals surface area (Å²) >= 11 is 1.43. The van der Waals surface area contributed by atoms with Gasteiger partial charge in [0.05, 0.1) is 15.6 Å². The van der Waals surface area contributed by atoms with Crippen molar-refractivity contribution in [1.29, 1.82) is 0 Å². The van der Waals surface area contributed by atoms with E-state index in [1.165, 1.54) is 39.9 Å². The van der Waals surface area contributed by atoms with Gasteiger partial charge in [-0.2, -0.15) is 4.31 Å². The molecule has 3 heterocycles. The minimum atomic E-state index is -3.51. The SMILES string of the molecule is Cc1nc(C)c(-c2nnc(NC(=O)c3ccc(S(=O)(=O)N4CCCC4)cc3)o2)s1. The van der Waals surface area contributed by atoms with Crippen LogP contribution in [0, 0.1) is 13.8 Å². The second-order valence-corrected chi connectivity index (χ2v) is 9.79. The maximum atomic E-state index is 12.6. The van der Waals surface area contributed by atoms with Crippen molar-refractivity contribution >= 4 is 33.3 Å². The first kappa shape index (κ1) is 19.7. The van der Waals surface area contributed by atoms with Crippen LogP contribution in [0.15, 0.2) is 33.6 Å². The number of hydrogen-bond acceptors (Lipinski definition) is 8. The van der Waals surface area contributed by atoms with Gasteiger partial charge in [-0.1, -0.05) is 5.10 Å². The monoisotopic (exact) mass is 433 g/mol. The highest BCUT2D eigenvalue weighted by atomic mass is 32.2. The number of hydrogen-bond donors (Lipinski definition) is 1. The van der Waals surface area contributed by atoms with Gasteiger partial charge in [0.15, 0.2) is 0 Å². The van der Waals surface area contributed by atoms with E-state index in [2.05, 4.69) is 20.5 Å². The molecule has 3 aromatic rings. The van der Waals surface area contributed by atoms with Crippen LogP contribution in [0.25, 0.3) is 10.8 Å². The minimum Gasteiger partial charge on any atom is -0.402 e. The summed E-state index contributed by atoms with van der Waals surface area (Å²) in [6.07, 6.45) is 1.74. The van der Waals surface area contributed by atoms with Crippen LogP contribution in [0.3, 0.4) is 0 Å². The molecule has 0 bridgehead atoms. The maximum absolute atomic E-state index is 12.6. The molecule has 1 N–H and O–H groups in total. The van der Waals surface area contributed by atoms with Gasteiger partial charge >= 0.3 is 6.01 Å². The number of nitrogens with one attached hydrogen (secondary N) is 1. The molecule has 4 rings (SSSR count). The number of aromatic nitrogens is 3. The number of carbonyl (C=O) groups is 1. The lowest BCUT2D eigenvalue weighted by Gasteiger charge is -2.15. The van der Waals surface area contributed by atoms with Gasteiger partial charge in [0, 0.05) is 18.7 Å². The molecule has 0 aliphatic carbocycles. The van der Waals surface area contributed by atoms with Crippen LogP contribution in [-0.2, 0) is 10.0 Å². The summed E-state index contributed by atoms with van der Waals surface area (Å²) < 4.78 is 32.1. The zero-order valence-corrected chi connectivity index (χ0v) is 17.5. The third kappa shape index (κ3) is 3.93. The molecule has 0 spiro atoms. The first-order chi connectivity index (χ1) is 13.8. The number of rotatable bonds is 5. The number of carbonyl (C=O) groups excluding carboxylic acids is 1. The second-order valence-electron chi connectivity index (χ2n) is 6.65. The lowest BCUT2D eigenvalue weighted by atomic mass is 10.2. The van der Waals surface area contributed by atoms with Gasteiger partial charge in [0.1, 0.15) is 4.88 Å². The summed E-state index contributed by atoms with van der Waals surface area (Å²) in [4.78, 5) is 17.7. The largest absolute Gasteiger partial charge is 0.402 e. The normalized spacial score (nSPS) is 15.0. The zero-order chi connectivity index (χ0) is 20.6. The Morgan fingerprint density at radius 3 is 2.45 bits per heavy atom. The number of anilines is 1. The van der Waals surface area contributed by atoms with Crippen LogP contribution in [0.5, 0.6) is 0 Å². The number of aryl methyl sites for hydroxylation is 2. The van der Waals surface area contributed by atoms with Gasteiger partial charge in [0.25, 0.3) is 11.8 Å². The van der Waals surface area contributed by atoms with Crippen LogP contribution in [0.2, 0.25) is 0 Å². The van der Waals surface area contributed by atoms with Crippen molar-refractivity contribution < 1.29 is 17.6 Å². The van der Waals surface area contributed by atoms with Crippen molar-refractivity contribution in [3.63, 3.8) is 0 Å². The molecule has 1 aliphatic heterocycles. The van der Waals surface area contributed by atoms with E-state index in [-0.39, 0.29) is 22.4 Å². The quantitative estimate of drug-likeness (QED) is 0.657. The maximum Gasteiger partial charge on any atom is 0.322 e. The average molecular weight is 434 g/mol. The standard InChI is InChI=1S/C18H19N5O4S2/c1-11-15(28-12(2)19-11)17-21-22-18(27-17)20-16(24)13-5-7-14(8-6-13)29(25,26)23-9-3-4-10-23/h5-8H,3-4,9-10H2,1-2H3,(H,20,22,24). The Balaban J connectivity index is 1.47. The minimum absolute atomic E-state index is 0.0378. The number of benzene rings is 1. The molecule has 11 heteroatoms. The molecule has 0 atom stereocenters. The summed E-state index contributed by atoms with van der Waals surface area (Å²) in [6, 6.07) is 5.76. The molecule has 1 aliphatic rings. The van der Waals surface area contributed by atoms with Crippen LogP contribution >= 0.6 is 11.3 Å². The highest BCUT2D eigenvalue weighted by Gasteiger charge is 2.27. The third-order valence-electron chi connectivity index (χ3n) is 4.56. The Bertz CT molecular complexity index is 1150. The van der Waals surface area contributed by atoms with Gasteiger partial charge < -0.3 is 4.42 Å². The van der Waals surface area contributed by atoms with Crippen LogP contribution in [0.1, 0.15) is 33.9 Å². The molecule has 1 aromatic carbocycles. The van der Waals surface area contributed by atoms with E-state index >= 15 is 0 Å². The zero-order valence-electron chi connectivity index (χ0n) is 15.9. The molecular formula is C18H19N5O4S2. The van der Waals surface area contributed by atoms with E-state index in [0.29, 0.717) is 13.1 Å². The van der Waals surface area contributed by atoms with Gasteiger partial charge in [-0.3, -0.25) is 10.1 Å². The van der Waals surface area contributed by atoms with E-state index < -0.39 is 15.9 Å². The van der Waals surface area contributed by atoms with Gasteiger partial charge in [0.2, 0.25) is 10.0 Å². The molecule has 29 heavy (non-hydrogen) atoms. The molecular weight excluding hydrogens is 414 g/mol. The van der Waals surface area contributed by atoms with E-state index in [9.17, 15) is 13.2 Å².